The smallest absolute Gasteiger partial charge is 0.429 e. The first-order valence-corrected chi connectivity index (χ1v) is 14.9. The molecule has 6 aromatic rings. The van der Waals surface area contributed by atoms with Crippen LogP contribution in [0.1, 0.15) is 17.5 Å². The highest BCUT2D eigenvalue weighted by molar-refractivity contribution is 7.21. The lowest BCUT2D eigenvalue weighted by Crippen LogP contribution is -2.25. The summed E-state index contributed by atoms with van der Waals surface area (Å²) >= 11 is 1.32. The van der Waals surface area contributed by atoms with Gasteiger partial charge in [-0.05, 0) is 65.4 Å². The van der Waals surface area contributed by atoms with Gasteiger partial charge in [0.05, 0.1) is 10.2 Å². The maximum absolute atomic E-state index is 15.3. The largest absolute Gasteiger partial charge is 0.432 e. The number of aryl methyl sites for hydroxylation is 1. The molecule has 0 amide bonds. The van der Waals surface area contributed by atoms with E-state index in [0.717, 1.165) is 34.7 Å². The zero-order valence-corrected chi connectivity index (χ0v) is 24.9. The van der Waals surface area contributed by atoms with Crippen molar-refractivity contribution >= 4 is 21.6 Å². The molecule has 238 valence electrons. The zero-order valence-electron chi connectivity index (χ0n) is 24.1. The summed E-state index contributed by atoms with van der Waals surface area (Å²) in [4.78, 5) is 4.58. The molecule has 11 heteroatoms. The lowest BCUT2D eigenvalue weighted by atomic mass is 10.0. The van der Waals surface area contributed by atoms with E-state index in [1.54, 1.807) is 0 Å². The molecule has 1 aromatic heterocycles. The molecule has 0 radical (unpaired) electrons. The molecular weight excluding hydrogens is 646 g/mol. The summed E-state index contributed by atoms with van der Waals surface area (Å²) in [6.07, 6.45) is -1.11. The molecule has 5 aromatic carbocycles. The molecule has 0 aliphatic carbocycles. The predicted molar refractivity (Wildman–Crippen MR) is 165 cm³/mol. The summed E-state index contributed by atoms with van der Waals surface area (Å²) in [5.74, 6) is -11.4. The molecule has 0 spiro atoms. The molecule has 0 unspecified atom stereocenters. The number of fused-ring (bicyclic) bond motifs is 1. The summed E-state index contributed by atoms with van der Waals surface area (Å²) in [6, 6.07) is 19.0. The Balaban J connectivity index is 1.25. The number of nitrogens with zero attached hydrogens (tertiary/aromatic N) is 1. The fraction of sp³-hybridized carbons (Fsp3) is 0.0833. The van der Waals surface area contributed by atoms with Gasteiger partial charge in [-0.25, -0.2) is 31.3 Å². The molecule has 1 heterocycles. The highest BCUT2D eigenvalue weighted by atomic mass is 32.1. The third kappa shape index (κ3) is 6.48. The van der Waals surface area contributed by atoms with E-state index in [1.807, 2.05) is 36.4 Å². The molecule has 6 rings (SSSR count). The normalized spacial score (nSPS) is 11.7. The van der Waals surface area contributed by atoms with Crippen LogP contribution in [-0.4, -0.2) is 4.98 Å². The molecule has 2 nitrogen and oxygen atoms in total. The van der Waals surface area contributed by atoms with Gasteiger partial charge in [-0.1, -0.05) is 48.5 Å². The third-order valence-electron chi connectivity index (χ3n) is 7.38. The SMILES string of the molecule is C=CCCc1ccc(-c2ccc3nc(-c4ccc(-c5cc(F)c(C(F)(F)Oc6cc(F)c(F)c(F)c6)c(F)c5)c(F)c4)sc3c2)cc1. The Hall–Kier alpha value is -5.03. The number of ether oxygens (including phenoxy) is 1. The van der Waals surface area contributed by atoms with E-state index in [4.69, 9.17) is 0 Å². The van der Waals surface area contributed by atoms with Gasteiger partial charge in [-0.3, -0.25) is 0 Å². The van der Waals surface area contributed by atoms with Gasteiger partial charge in [0.2, 0.25) is 0 Å². The van der Waals surface area contributed by atoms with Gasteiger partial charge in [-0.15, -0.1) is 17.9 Å². The first-order valence-electron chi connectivity index (χ1n) is 14.1. The molecule has 0 aliphatic rings. The Morgan fingerprint density at radius 3 is 1.94 bits per heavy atom. The number of alkyl halides is 2. The first-order chi connectivity index (χ1) is 22.4. The van der Waals surface area contributed by atoms with E-state index in [2.05, 4.69) is 28.4 Å². The second kappa shape index (κ2) is 12.6. The maximum atomic E-state index is 15.3. The van der Waals surface area contributed by atoms with Crippen LogP contribution in [-0.2, 0) is 12.5 Å². The van der Waals surface area contributed by atoms with Crippen LogP contribution in [0.15, 0.2) is 97.6 Å². The summed E-state index contributed by atoms with van der Waals surface area (Å²) < 4.78 is 120. The molecule has 0 N–H and O–H groups in total. The van der Waals surface area contributed by atoms with Crippen molar-refractivity contribution in [1.29, 1.82) is 0 Å². The van der Waals surface area contributed by atoms with Crippen molar-refractivity contribution < 1.29 is 39.9 Å². The van der Waals surface area contributed by atoms with Gasteiger partial charge < -0.3 is 4.74 Å². The molecular formula is C36H21F8NOS. The molecule has 0 aliphatic heterocycles. The van der Waals surface area contributed by atoms with Crippen molar-refractivity contribution in [3.05, 3.63) is 144 Å². The number of aromatic nitrogens is 1. The van der Waals surface area contributed by atoms with Crippen LogP contribution in [0.3, 0.4) is 0 Å². The Morgan fingerprint density at radius 1 is 0.681 bits per heavy atom. The van der Waals surface area contributed by atoms with Crippen LogP contribution < -0.4 is 4.74 Å². The van der Waals surface area contributed by atoms with Crippen molar-refractivity contribution in [2.75, 3.05) is 0 Å². The molecule has 0 bridgehead atoms. The summed E-state index contributed by atoms with van der Waals surface area (Å²) in [5, 5.41) is 0.487. The van der Waals surface area contributed by atoms with Crippen LogP contribution in [0.2, 0.25) is 0 Å². The van der Waals surface area contributed by atoms with Crippen molar-refractivity contribution in [2.24, 2.45) is 0 Å². The van der Waals surface area contributed by atoms with Gasteiger partial charge in [0.15, 0.2) is 17.5 Å². The van der Waals surface area contributed by atoms with Crippen molar-refractivity contribution in [1.82, 2.24) is 4.98 Å². The van der Waals surface area contributed by atoms with Gasteiger partial charge in [0.25, 0.3) is 0 Å². The first kappa shape index (κ1) is 31.9. The summed E-state index contributed by atoms with van der Waals surface area (Å²) in [6.45, 7) is 3.75. The maximum Gasteiger partial charge on any atom is 0.432 e. The minimum atomic E-state index is -4.77. The van der Waals surface area contributed by atoms with E-state index in [-0.39, 0.29) is 17.7 Å². The second-order valence-electron chi connectivity index (χ2n) is 10.6. The van der Waals surface area contributed by atoms with Crippen LogP contribution in [0.5, 0.6) is 5.75 Å². The van der Waals surface area contributed by atoms with Crippen LogP contribution >= 0.6 is 11.3 Å². The van der Waals surface area contributed by atoms with E-state index in [1.165, 1.54) is 29.0 Å². The number of thiazole rings is 1. The number of halogens is 8. The topological polar surface area (TPSA) is 22.1 Å². The number of hydrogen-bond acceptors (Lipinski definition) is 3. The van der Waals surface area contributed by atoms with Crippen LogP contribution in [0, 0.1) is 34.9 Å². The molecule has 0 saturated heterocycles. The van der Waals surface area contributed by atoms with Crippen molar-refractivity contribution in [3.63, 3.8) is 0 Å². The molecule has 0 atom stereocenters. The number of rotatable bonds is 9. The third-order valence-corrected chi connectivity index (χ3v) is 8.44. The zero-order chi connectivity index (χ0) is 33.5. The quantitative estimate of drug-likeness (QED) is 0.0870. The van der Waals surface area contributed by atoms with E-state index >= 15 is 4.39 Å². The average Bonchev–Trinajstić information content (AvgIpc) is 3.46. The molecule has 0 saturated carbocycles. The Kier molecular flexibility index (Phi) is 8.59. The number of hydrogen-bond donors (Lipinski definition) is 0. The monoisotopic (exact) mass is 667 g/mol. The highest BCUT2D eigenvalue weighted by Gasteiger charge is 2.41. The summed E-state index contributed by atoms with van der Waals surface area (Å²) in [7, 11) is 0. The second-order valence-corrected chi connectivity index (χ2v) is 11.6. The van der Waals surface area contributed by atoms with Gasteiger partial charge in [0, 0.05) is 23.3 Å². The summed E-state index contributed by atoms with van der Waals surface area (Å²) in [5.41, 5.74) is 1.70. The highest BCUT2D eigenvalue weighted by Crippen LogP contribution is 2.39. The Bertz CT molecular complexity index is 2100. The standard InChI is InChI=1S/C36H21F8NOS/c1-2-3-4-19-5-7-20(8-6-19)21-10-12-31-32(16-21)47-35(45-31)22-9-11-25(26(37)13-22)23-14-27(38)33(28(39)15-23)36(43,44)46-24-17-29(40)34(42)30(41)18-24/h2,5-18H,1,3-4H2. The Labute approximate surface area is 267 Å². The van der Waals surface area contributed by atoms with Gasteiger partial charge in [-0.2, -0.15) is 8.78 Å². The lowest BCUT2D eigenvalue weighted by Gasteiger charge is -2.20. The number of allylic oxidation sites excluding steroid dienone is 1. The number of benzene rings is 5. The minimum absolute atomic E-state index is 0.0994. The fourth-order valence-corrected chi connectivity index (χ4v) is 6.04. The van der Waals surface area contributed by atoms with Gasteiger partial charge in [0.1, 0.15) is 33.8 Å². The molecule has 0 fully saturated rings. The predicted octanol–water partition coefficient (Wildman–Crippen LogP) is 11.4. The van der Waals surface area contributed by atoms with E-state index < -0.39 is 57.9 Å². The fourth-order valence-electron chi connectivity index (χ4n) is 5.04. The van der Waals surface area contributed by atoms with Crippen molar-refractivity contribution in [3.8, 4) is 38.6 Å². The van der Waals surface area contributed by atoms with E-state index in [9.17, 15) is 30.7 Å². The van der Waals surface area contributed by atoms with Crippen LogP contribution in [0.25, 0.3) is 43.0 Å². The van der Waals surface area contributed by atoms with Crippen LogP contribution in [0.4, 0.5) is 35.1 Å². The van der Waals surface area contributed by atoms with Gasteiger partial charge >= 0.3 is 6.11 Å². The molecule has 47 heavy (non-hydrogen) atoms. The van der Waals surface area contributed by atoms with Crippen molar-refractivity contribution in [2.45, 2.75) is 19.0 Å². The minimum Gasteiger partial charge on any atom is -0.429 e. The lowest BCUT2D eigenvalue weighted by molar-refractivity contribution is -0.189. The average molecular weight is 668 g/mol. The van der Waals surface area contributed by atoms with E-state index in [0.29, 0.717) is 28.2 Å². The Morgan fingerprint density at radius 2 is 1.30 bits per heavy atom.